The largest absolute Gasteiger partial charge is 0.376 e. The lowest BCUT2D eigenvalue weighted by Gasteiger charge is -2.23. The van der Waals surface area contributed by atoms with Gasteiger partial charge in [-0.2, -0.15) is 4.31 Å². The Balaban J connectivity index is 1.64. The molecular formula is C26H29N3O4S2. The van der Waals surface area contributed by atoms with Gasteiger partial charge in [0.25, 0.3) is 5.91 Å². The molecule has 184 valence electrons. The maximum absolute atomic E-state index is 13.6. The second-order valence-electron chi connectivity index (χ2n) is 8.44. The SMILES string of the molecule is C=CCN(CC=C)S(=O)(=O)c1ccc(C(=O)N(CC2CCCO2)c2nc3ccc(C)cc3s2)cc1. The average molecular weight is 512 g/mol. The van der Waals surface area contributed by atoms with Crippen molar-refractivity contribution >= 4 is 42.6 Å². The Morgan fingerprint density at radius 2 is 1.89 bits per heavy atom. The highest BCUT2D eigenvalue weighted by molar-refractivity contribution is 7.89. The zero-order chi connectivity index (χ0) is 25.0. The third kappa shape index (κ3) is 5.54. The second kappa shape index (κ2) is 10.8. The van der Waals surface area contributed by atoms with Gasteiger partial charge in [-0.15, -0.1) is 13.2 Å². The number of rotatable bonds is 10. The van der Waals surface area contributed by atoms with E-state index < -0.39 is 10.0 Å². The van der Waals surface area contributed by atoms with E-state index in [0.29, 0.717) is 23.8 Å². The monoisotopic (exact) mass is 511 g/mol. The van der Waals surface area contributed by atoms with Gasteiger partial charge >= 0.3 is 0 Å². The van der Waals surface area contributed by atoms with Crippen LogP contribution in [0.1, 0.15) is 28.8 Å². The zero-order valence-electron chi connectivity index (χ0n) is 19.7. The van der Waals surface area contributed by atoms with Gasteiger partial charge < -0.3 is 4.74 Å². The predicted molar refractivity (Wildman–Crippen MR) is 141 cm³/mol. The van der Waals surface area contributed by atoms with E-state index in [4.69, 9.17) is 9.72 Å². The molecule has 1 fully saturated rings. The van der Waals surface area contributed by atoms with Crippen molar-refractivity contribution in [3.05, 3.63) is 78.9 Å². The number of aryl methyl sites for hydroxylation is 1. The number of benzene rings is 2. The fraction of sp³-hybridized carbons (Fsp3) is 0.308. The molecule has 0 bridgehead atoms. The fourth-order valence-corrected chi connectivity index (χ4v) is 6.46. The summed E-state index contributed by atoms with van der Waals surface area (Å²) >= 11 is 1.47. The number of carbonyl (C=O) groups excluding carboxylic acids is 1. The number of nitrogens with zero attached hydrogens (tertiary/aromatic N) is 3. The standard InChI is InChI=1S/C26H29N3O4S2/c1-4-14-28(15-5-2)35(31,32)22-11-9-20(10-12-22)25(30)29(18-21-7-6-16-33-21)26-27-23-13-8-19(3)17-24(23)34-26/h4-5,8-13,17,21H,1-2,6-7,14-16,18H2,3H3. The van der Waals surface area contributed by atoms with Crippen molar-refractivity contribution in [1.29, 1.82) is 0 Å². The minimum absolute atomic E-state index is 0.0567. The van der Waals surface area contributed by atoms with Crippen LogP contribution in [0.25, 0.3) is 10.2 Å². The van der Waals surface area contributed by atoms with Crippen molar-refractivity contribution in [3.63, 3.8) is 0 Å². The van der Waals surface area contributed by atoms with Crippen LogP contribution in [0, 0.1) is 6.92 Å². The molecule has 2 aromatic carbocycles. The summed E-state index contributed by atoms with van der Waals surface area (Å²) in [5.74, 6) is -0.241. The first-order valence-electron chi connectivity index (χ1n) is 11.5. The minimum atomic E-state index is -3.74. The van der Waals surface area contributed by atoms with Gasteiger partial charge in [0, 0.05) is 25.3 Å². The maximum Gasteiger partial charge on any atom is 0.260 e. The molecule has 4 rings (SSSR count). The van der Waals surface area contributed by atoms with Gasteiger partial charge in [-0.05, 0) is 61.7 Å². The molecule has 0 spiro atoms. The Kier molecular flexibility index (Phi) is 7.81. The lowest BCUT2D eigenvalue weighted by atomic mass is 10.2. The van der Waals surface area contributed by atoms with Crippen LogP contribution in [0.5, 0.6) is 0 Å². The first-order valence-corrected chi connectivity index (χ1v) is 13.7. The first kappa shape index (κ1) is 25.2. The number of anilines is 1. The molecule has 2 heterocycles. The lowest BCUT2D eigenvalue weighted by molar-refractivity contribution is 0.0917. The van der Waals surface area contributed by atoms with E-state index in [2.05, 4.69) is 19.2 Å². The number of hydrogen-bond acceptors (Lipinski definition) is 6. The van der Waals surface area contributed by atoms with E-state index >= 15 is 0 Å². The number of fused-ring (bicyclic) bond motifs is 1. The number of ether oxygens (including phenoxy) is 1. The minimum Gasteiger partial charge on any atom is -0.376 e. The Morgan fingerprint density at radius 3 is 2.51 bits per heavy atom. The van der Waals surface area contributed by atoms with Crippen LogP contribution in [-0.4, -0.2) is 56.0 Å². The molecule has 9 heteroatoms. The number of carbonyl (C=O) groups is 1. The van der Waals surface area contributed by atoms with Crippen LogP contribution in [0.15, 0.2) is 72.7 Å². The van der Waals surface area contributed by atoms with E-state index in [1.54, 1.807) is 17.0 Å². The predicted octanol–water partition coefficient (Wildman–Crippen LogP) is 4.79. The zero-order valence-corrected chi connectivity index (χ0v) is 21.4. The molecule has 7 nitrogen and oxygen atoms in total. The normalized spacial score (nSPS) is 16.0. The maximum atomic E-state index is 13.6. The molecule has 3 aromatic rings. The Morgan fingerprint density at radius 1 is 1.17 bits per heavy atom. The van der Waals surface area contributed by atoms with Crippen LogP contribution < -0.4 is 4.90 Å². The smallest absolute Gasteiger partial charge is 0.260 e. The fourth-order valence-electron chi connectivity index (χ4n) is 4.01. The Labute approximate surface area is 210 Å². The van der Waals surface area contributed by atoms with E-state index in [9.17, 15) is 13.2 Å². The molecule has 1 saturated heterocycles. The van der Waals surface area contributed by atoms with Crippen molar-refractivity contribution in [2.75, 3.05) is 31.1 Å². The highest BCUT2D eigenvalue weighted by atomic mass is 32.2. The Hall–Kier alpha value is -2.85. The highest BCUT2D eigenvalue weighted by Gasteiger charge is 2.28. The molecule has 1 amide bonds. The van der Waals surface area contributed by atoms with Crippen molar-refractivity contribution in [2.45, 2.75) is 30.8 Å². The van der Waals surface area contributed by atoms with Gasteiger partial charge in [-0.3, -0.25) is 9.69 Å². The number of thiazole rings is 1. The molecule has 0 N–H and O–H groups in total. The molecular weight excluding hydrogens is 482 g/mol. The molecule has 35 heavy (non-hydrogen) atoms. The number of sulfonamides is 1. The van der Waals surface area contributed by atoms with Gasteiger partial charge in [-0.25, -0.2) is 13.4 Å². The van der Waals surface area contributed by atoms with Crippen molar-refractivity contribution in [3.8, 4) is 0 Å². The van der Waals surface area contributed by atoms with Crippen LogP contribution in [-0.2, 0) is 14.8 Å². The van der Waals surface area contributed by atoms with Gasteiger partial charge in [0.15, 0.2) is 5.13 Å². The molecule has 1 unspecified atom stereocenters. The topological polar surface area (TPSA) is 79.8 Å². The Bertz CT molecular complexity index is 1320. The van der Waals surface area contributed by atoms with Crippen LogP contribution in [0.2, 0.25) is 0 Å². The van der Waals surface area contributed by atoms with Gasteiger partial charge in [0.1, 0.15) is 0 Å². The quantitative estimate of drug-likeness (QED) is 0.366. The third-order valence-electron chi connectivity index (χ3n) is 5.82. The molecule has 1 aliphatic heterocycles. The van der Waals surface area contributed by atoms with Crippen molar-refractivity contribution < 1.29 is 17.9 Å². The van der Waals surface area contributed by atoms with E-state index in [1.807, 2.05) is 19.1 Å². The molecule has 0 saturated carbocycles. The van der Waals surface area contributed by atoms with Crippen molar-refractivity contribution in [1.82, 2.24) is 9.29 Å². The summed E-state index contributed by atoms with van der Waals surface area (Å²) < 4.78 is 34.1. The summed E-state index contributed by atoms with van der Waals surface area (Å²) in [6.45, 7) is 10.7. The summed E-state index contributed by atoms with van der Waals surface area (Å²) in [6.07, 6.45) is 4.85. The molecule has 0 radical (unpaired) electrons. The summed E-state index contributed by atoms with van der Waals surface area (Å²) in [5.41, 5.74) is 2.35. The van der Waals surface area contributed by atoms with E-state index in [1.165, 1.54) is 39.9 Å². The van der Waals surface area contributed by atoms with Crippen LogP contribution in [0.3, 0.4) is 0 Å². The second-order valence-corrected chi connectivity index (χ2v) is 11.4. The molecule has 1 aliphatic rings. The summed E-state index contributed by atoms with van der Waals surface area (Å²) in [4.78, 5) is 20.1. The van der Waals surface area contributed by atoms with Crippen LogP contribution in [0.4, 0.5) is 5.13 Å². The van der Waals surface area contributed by atoms with E-state index in [0.717, 1.165) is 28.6 Å². The van der Waals surface area contributed by atoms with E-state index in [-0.39, 0.29) is 30.0 Å². The lowest BCUT2D eigenvalue weighted by Crippen LogP contribution is -2.37. The van der Waals surface area contributed by atoms with Gasteiger partial charge in [0.2, 0.25) is 10.0 Å². The number of hydrogen-bond donors (Lipinski definition) is 0. The molecule has 1 atom stereocenters. The summed E-state index contributed by atoms with van der Waals surface area (Å²) in [5, 5.41) is 0.603. The molecule has 1 aromatic heterocycles. The number of aromatic nitrogens is 1. The molecule has 0 aliphatic carbocycles. The van der Waals surface area contributed by atoms with Crippen LogP contribution >= 0.6 is 11.3 Å². The van der Waals surface area contributed by atoms with Crippen molar-refractivity contribution in [2.24, 2.45) is 0 Å². The third-order valence-corrected chi connectivity index (χ3v) is 8.71. The average Bonchev–Trinajstić information content (AvgIpc) is 3.51. The summed E-state index contributed by atoms with van der Waals surface area (Å²) in [7, 11) is -3.74. The first-order chi connectivity index (χ1) is 16.8. The number of amides is 1. The van der Waals surface area contributed by atoms with Gasteiger partial charge in [0.05, 0.1) is 27.8 Å². The van der Waals surface area contributed by atoms with Gasteiger partial charge in [-0.1, -0.05) is 29.6 Å². The highest BCUT2D eigenvalue weighted by Crippen LogP contribution is 2.31. The summed E-state index contributed by atoms with van der Waals surface area (Å²) in [6, 6.07) is 12.0.